The van der Waals surface area contributed by atoms with Crippen LogP contribution in [0.5, 0.6) is 11.5 Å². The van der Waals surface area contributed by atoms with E-state index in [1.807, 2.05) is 41.1 Å². The zero-order valence-electron chi connectivity index (χ0n) is 22.9. The second-order valence-corrected chi connectivity index (χ2v) is 15.0. The summed E-state index contributed by atoms with van der Waals surface area (Å²) in [6.07, 6.45) is 2.72. The van der Waals surface area contributed by atoms with Crippen molar-refractivity contribution in [2.75, 3.05) is 7.11 Å². The molecule has 4 heterocycles. The fourth-order valence-corrected chi connectivity index (χ4v) is 9.85. The lowest BCUT2D eigenvalue weighted by molar-refractivity contribution is -0.142. The lowest BCUT2D eigenvalue weighted by atomic mass is 9.57. The first-order valence-electron chi connectivity index (χ1n) is 13.9. The number of nitrogens with zero attached hydrogens (tertiary/aromatic N) is 2. The van der Waals surface area contributed by atoms with Gasteiger partial charge in [0.2, 0.25) is 23.6 Å². The average Bonchev–Trinajstić information content (AvgIpc) is 3.80. The molecular weight excluding hydrogens is 720 g/mol. The number of rotatable bonds is 6. The summed E-state index contributed by atoms with van der Waals surface area (Å²) < 4.78 is 6.39. The molecule has 2 aliphatic carbocycles. The van der Waals surface area contributed by atoms with Gasteiger partial charge in [0.15, 0.2) is 11.5 Å². The Labute approximate surface area is 272 Å². The third-order valence-corrected chi connectivity index (χ3v) is 13.2. The number of benzene rings is 1. The molecule has 3 fully saturated rings. The highest BCUT2D eigenvalue weighted by atomic mass is 79.9. The number of carbonyl (C=O) groups is 4. The molecule has 2 aliphatic heterocycles. The van der Waals surface area contributed by atoms with Crippen LogP contribution in [0.25, 0.3) is 0 Å². The van der Waals surface area contributed by atoms with Gasteiger partial charge < -0.3 is 9.84 Å². The first kappa shape index (κ1) is 28.9. The van der Waals surface area contributed by atoms with Crippen LogP contribution in [0.2, 0.25) is 0 Å². The summed E-state index contributed by atoms with van der Waals surface area (Å²) in [7, 11) is 1.45. The number of methoxy groups -OCH3 is 1. The van der Waals surface area contributed by atoms with E-state index >= 15 is 0 Å². The summed E-state index contributed by atoms with van der Waals surface area (Å²) in [6, 6.07) is 9.31. The number of imide groups is 2. The number of phenolic OH excluding ortho intramolecular Hbond substituents is 1. The van der Waals surface area contributed by atoms with Gasteiger partial charge in [-0.25, -0.2) is 0 Å². The molecule has 0 radical (unpaired) electrons. The lowest BCUT2D eigenvalue weighted by Gasteiger charge is -2.44. The van der Waals surface area contributed by atoms with E-state index in [2.05, 4.69) is 31.9 Å². The molecule has 6 atom stereocenters. The molecule has 1 saturated carbocycles. The number of halogens is 2. The summed E-state index contributed by atoms with van der Waals surface area (Å²) in [5.74, 6) is -4.18. The predicted molar refractivity (Wildman–Crippen MR) is 167 cm³/mol. The fraction of sp³-hybridized carbons (Fsp3) is 0.355. The van der Waals surface area contributed by atoms with E-state index in [1.165, 1.54) is 39.6 Å². The van der Waals surface area contributed by atoms with Gasteiger partial charge in [0, 0.05) is 20.1 Å². The zero-order chi connectivity index (χ0) is 30.2. The normalized spacial score (nSPS) is 28.2. The Bertz CT molecular complexity index is 1690. The maximum Gasteiger partial charge on any atom is 0.234 e. The van der Waals surface area contributed by atoms with E-state index in [0.29, 0.717) is 27.4 Å². The second-order valence-electron chi connectivity index (χ2n) is 11.4. The Balaban J connectivity index is 1.34. The molecule has 6 unspecified atom stereocenters. The SMILES string of the molecule is COc1cc(C2C3=CCC4C(=O)N(Cc5cccs5)C(=O)C4C3CC3C(=O)N(Cc4cccs4)C(=O)C32)c(Br)c(Br)c1O. The molecule has 7 rings (SSSR count). The van der Waals surface area contributed by atoms with Crippen LogP contribution < -0.4 is 4.74 Å². The second kappa shape index (κ2) is 11.0. The number of amides is 4. The van der Waals surface area contributed by atoms with Crippen molar-refractivity contribution in [2.24, 2.45) is 29.6 Å². The van der Waals surface area contributed by atoms with Crippen molar-refractivity contribution < 1.29 is 29.0 Å². The van der Waals surface area contributed by atoms with Crippen molar-refractivity contribution in [3.05, 3.63) is 77.0 Å². The highest BCUT2D eigenvalue weighted by Gasteiger charge is 2.62. The van der Waals surface area contributed by atoms with Crippen molar-refractivity contribution in [3.8, 4) is 11.5 Å². The third kappa shape index (κ3) is 4.47. The number of hydrogen-bond acceptors (Lipinski definition) is 8. The van der Waals surface area contributed by atoms with E-state index < -0.39 is 35.5 Å². The zero-order valence-corrected chi connectivity index (χ0v) is 27.7. The maximum atomic E-state index is 14.2. The maximum absolute atomic E-state index is 14.2. The van der Waals surface area contributed by atoms with Crippen LogP contribution in [0.1, 0.15) is 34.1 Å². The number of likely N-dealkylation sites (tertiary alicyclic amines) is 2. The van der Waals surface area contributed by atoms with Crippen LogP contribution in [0.15, 0.2) is 61.7 Å². The molecule has 0 bridgehead atoms. The fourth-order valence-electron chi connectivity index (χ4n) is 7.49. The molecule has 3 aromatic rings. The summed E-state index contributed by atoms with van der Waals surface area (Å²) in [5, 5.41) is 14.5. The van der Waals surface area contributed by atoms with Crippen LogP contribution >= 0.6 is 54.5 Å². The van der Waals surface area contributed by atoms with Crippen molar-refractivity contribution in [1.29, 1.82) is 0 Å². The molecule has 1 aromatic carbocycles. The van der Waals surface area contributed by atoms with E-state index in [-0.39, 0.29) is 48.2 Å². The van der Waals surface area contributed by atoms with Gasteiger partial charge in [-0.05, 0) is 85.1 Å². The molecular formula is C31H26Br2N2O6S2. The number of phenols is 1. The quantitative estimate of drug-likeness (QED) is 0.242. The monoisotopic (exact) mass is 744 g/mol. The van der Waals surface area contributed by atoms with Gasteiger partial charge >= 0.3 is 0 Å². The van der Waals surface area contributed by atoms with Gasteiger partial charge in [-0.2, -0.15) is 0 Å². The number of allylic oxidation sites excluding steroid dienone is 2. The Kier molecular flexibility index (Phi) is 7.39. The number of fused-ring (bicyclic) bond motifs is 4. The smallest absolute Gasteiger partial charge is 0.234 e. The van der Waals surface area contributed by atoms with Crippen LogP contribution in [0.4, 0.5) is 0 Å². The lowest BCUT2D eigenvalue weighted by Crippen LogP contribution is -2.43. The number of hydrogen-bond donors (Lipinski definition) is 1. The van der Waals surface area contributed by atoms with Crippen molar-refractivity contribution >= 4 is 78.2 Å². The van der Waals surface area contributed by atoms with Gasteiger partial charge in [0.25, 0.3) is 0 Å². The molecule has 4 amide bonds. The van der Waals surface area contributed by atoms with E-state index in [1.54, 1.807) is 6.07 Å². The third-order valence-electron chi connectivity index (χ3n) is 9.35. The van der Waals surface area contributed by atoms with Crippen LogP contribution in [-0.4, -0.2) is 45.6 Å². The molecule has 222 valence electrons. The summed E-state index contributed by atoms with van der Waals surface area (Å²) in [5.41, 5.74) is 1.57. The minimum atomic E-state index is -0.696. The number of aromatic hydroxyl groups is 1. The molecule has 2 aromatic heterocycles. The Hall–Kier alpha value is -2.80. The van der Waals surface area contributed by atoms with Gasteiger partial charge in [-0.3, -0.25) is 29.0 Å². The number of ether oxygens (including phenoxy) is 1. The predicted octanol–water partition coefficient (Wildman–Crippen LogP) is 6.09. The van der Waals surface area contributed by atoms with E-state index in [4.69, 9.17) is 4.74 Å². The van der Waals surface area contributed by atoms with Gasteiger partial charge in [0.1, 0.15) is 0 Å². The van der Waals surface area contributed by atoms with Crippen LogP contribution in [-0.2, 0) is 32.3 Å². The summed E-state index contributed by atoms with van der Waals surface area (Å²) in [4.78, 5) is 60.4. The summed E-state index contributed by atoms with van der Waals surface area (Å²) in [6.45, 7) is 0.431. The van der Waals surface area contributed by atoms with Gasteiger partial charge in [0.05, 0.1) is 48.3 Å². The van der Waals surface area contributed by atoms with Gasteiger partial charge in [-0.1, -0.05) is 23.8 Å². The number of thiophene rings is 2. The average molecular weight is 746 g/mol. The van der Waals surface area contributed by atoms with Crippen molar-refractivity contribution in [2.45, 2.75) is 31.8 Å². The minimum Gasteiger partial charge on any atom is -0.503 e. The molecule has 43 heavy (non-hydrogen) atoms. The Morgan fingerprint density at radius 2 is 1.47 bits per heavy atom. The Morgan fingerprint density at radius 1 is 0.860 bits per heavy atom. The summed E-state index contributed by atoms with van der Waals surface area (Å²) >= 11 is 10.1. The van der Waals surface area contributed by atoms with E-state index in [9.17, 15) is 24.3 Å². The standard InChI is InChI=1S/C31H26Br2N2O6S2/c1-41-21-11-19(25(32)26(33)27(21)36)22-16-6-7-17-23(30(39)34(28(17)37)12-14-4-2-8-42-14)18(16)10-20-24(22)31(40)35(29(20)38)13-15-5-3-9-43-15/h2-6,8-9,11,17-18,20,22-24,36H,7,10,12-13H2,1H3. The van der Waals surface area contributed by atoms with Gasteiger partial charge in [-0.15, -0.1) is 22.7 Å². The van der Waals surface area contributed by atoms with E-state index in [0.717, 1.165) is 15.3 Å². The first-order chi connectivity index (χ1) is 20.7. The molecule has 2 saturated heterocycles. The molecule has 12 heteroatoms. The molecule has 1 N–H and O–H groups in total. The first-order valence-corrected chi connectivity index (χ1v) is 17.3. The van der Waals surface area contributed by atoms with Crippen LogP contribution in [0, 0.1) is 29.6 Å². The molecule has 8 nitrogen and oxygen atoms in total. The minimum absolute atomic E-state index is 0.0892. The van der Waals surface area contributed by atoms with Crippen molar-refractivity contribution in [1.82, 2.24) is 9.80 Å². The van der Waals surface area contributed by atoms with Crippen molar-refractivity contribution in [3.63, 3.8) is 0 Å². The Morgan fingerprint density at radius 3 is 2.05 bits per heavy atom. The highest BCUT2D eigenvalue weighted by Crippen LogP contribution is 2.60. The molecule has 4 aliphatic rings. The molecule has 0 spiro atoms. The largest absolute Gasteiger partial charge is 0.503 e. The van der Waals surface area contributed by atoms with Crippen LogP contribution in [0.3, 0.4) is 0 Å². The topological polar surface area (TPSA) is 104 Å². The highest BCUT2D eigenvalue weighted by molar-refractivity contribution is 9.13. The number of carbonyl (C=O) groups excluding carboxylic acids is 4.